The van der Waals surface area contributed by atoms with Crippen LogP contribution in [-0.4, -0.2) is 59.1 Å². The number of morpholine rings is 1. The Kier molecular flexibility index (Phi) is 7.03. The molecule has 1 N–H and O–H groups in total. The van der Waals surface area contributed by atoms with Crippen LogP contribution in [0.4, 0.5) is 24.5 Å². The minimum absolute atomic E-state index is 0.108. The first-order valence-electron chi connectivity index (χ1n) is 7.82. The molecule has 1 fully saturated rings. The summed E-state index contributed by atoms with van der Waals surface area (Å²) in [6.45, 7) is 2.33. The van der Waals surface area contributed by atoms with Crippen molar-refractivity contribution in [1.82, 2.24) is 0 Å². The topological polar surface area (TPSA) is 60.0 Å². The zero-order chi connectivity index (χ0) is 18.3. The molecular formula is C16H21F3N2O4. The first-order valence-corrected chi connectivity index (χ1v) is 7.82. The maximum atomic E-state index is 13.0. The normalized spacial score (nSPS) is 15.3. The van der Waals surface area contributed by atoms with Crippen molar-refractivity contribution in [3.63, 3.8) is 0 Å². The van der Waals surface area contributed by atoms with Gasteiger partial charge in [0.2, 0.25) is 5.91 Å². The van der Waals surface area contributed by atoms with E-state index in [0.29, 0.717) is 38.6 Å². The molecule has 1 heterocycles. The minimum Gasteiger partial charge on any atom is -0.382 e. The fraction of sp³-hybridized carbons (Fsp3) is 0.562. The smallest absolute Gasteiger partial charge is 0.382 e. The molecule has 1 amide bonds. The molecule has 0 aromatic heterocycles. The summed E-state index contributed by atoms with van der Waals surface area (Å²) in [7, 11) is 1.50. The number of hydrogen-bond acceptors (Lipinski definition) is 5. The molecule has 1 aromatic carbocycles. The van der Waals surface area contributed by atoms with Gasteiger partial charge in [0, 0.05) is 20.2 Å². The number of nitrogens with one attached hydrogen (secondary N) is 1. The van der Waals surface area contributed by atoms with Crippen molar-refractivity contribution in [1.29, 1.82) is 0 Å². The van der Waals surface area contributed by atoms with Gasteiger partial charge in [0.25, 0.3) is 0 Å². The molecular weight excluding hydrogens is 341 g/mol. The number of halogens is 3. The molecule has 0 bridgehead atoms. The lowest BCUT2D eigenvalue weighted by molar-refractivity contribution is -0.137. The van der Waals surface area contributed by atoms with Crippen LogP contribution in [0.25, 0.3) is 0 Å². The highest BCUT2D eigenvalue weighted by Gasteiger charge is 2.31. The predicted molar refractivity (Wildman–Crippen MR) is 85.8 cm³/mol. The monoisotopic (exact) mass is 362 g/mol. The number of benzene rings is 1. The summed E-state index contributed by atoms with van der Waals surface area (Å²) in [5.41, 5.74) is -0.182. The number of hydrogen-bond donors (Lipinski definition) is 1. The van der Waals surface area contributed by atoms with E-state index in [0.717, 1.165) is 12.1 Å². The first-order chi connectivity index (χ1) is 11.9. The third-order valence-electron chi connectivity index (χ3n) is 3.61. The Bertz CT molecular complexity index is 575. The number of alkyl halides is 3. The Balaban J connectivity index is 2.14. The second-order valence-electron chi connectivity index (χ2n) is 5.42. The molecule has 0 radical (unpaired) electrons. The summed E-state index contributed by atoms with van der Waals surface area (Å²) in [6, 6.07) is 3.32. The Morgan fingerprint density at radius 3 is 2.64 bits per heavy atom. The fourth-order valence-electron chi connectivity index (χ4n) is 2.39. The summed E-state index contributed by atoms with van der Waals surface area (Å²) in [4.78, 5) is 13.9. The molecule has 0 spiro atoms. The van der Waals surface area contributed by atoms with Gasteiger partial charge in [0.1, 0.15) is 6.61 Å². The Hall–Kier alpha value is -1.84. The lowest BCUT2D eigenvalue weighted by Gasteiger charge is -2.31. The second-order valence-corrected chi connectivity index (χ2v) is 5.42. The van der Waals surface area contributed by atoms with Gasteiger partial charge in [-0.25, -0.2) is 0 Å². The number of amides is 1. The predicted octanol–water partition coefficient (Wildman–Crippen LogP) is 2.14. The van der Waals surface area contributed by atoms with Gasteiger partial charge in [0.15, 0.2) is 0 Å². The van der Waals surface area contributed by atoms with E-state index in [1.165, 1.54) is 13.2 Å². The van der Waals surface area contributed by atoms with Crippen LogP contribution in [0, 0.1) is 0 Å². The van der Waals surface area contributed by atoms with Crippen molar-refractivity contribution in [2.24, 2.45) is 0 Å². The minimum atomic E-state index is -4.49. The standard InChI is InChI=1S/C16H21F3N2O4/c1-23-8-9-25-11-15(22)20-13-10-12(16(17,18)19)2-3-14(13)21-4-6-24-7-5-21/h2-3,10H,4-9,11H2,1H3,(H,20,22). The quantitative estimate of drug-likeness (QED) is 0.753. The van der Waals surface area contributed by atoms with E-state index in [-0.39, 0.29) is 18.9 Å². The number of rotatable bonds is 7. The molecule has 0 aliphatic carbocycles. The molecule has 1 aromatic rings. The molecule has 0 saturated carbocycles. The van der Waals surface area contributed by atoms with E-state index in [1.54, 1.807) is 0 Å². The lowest BCUT2D eigenvalue weighted by atomic mass is 10.1. The molecule has 0 unspecified atom stereocenters. The number of ether oxygens (including phenoxy) is 3. The van der Waals surface area contributed by atoms with E-state index in [4.69, 9.17) is 14.2 Å². The van der Waals surface area contributed by atoms with E-state index < -0.39 is 17.6 Å². The molecule has 1 aliphatic heterocycles. The largest absolute Gasteiger partial charge is 0.416 e. The number of carbonyl (C=O) groups excluding carboxylic acids is 1. The van der Waals surface area contributed by atoms with Crippen LogP contribution in [0.1, 0.15) is 5.56 Å². The second kappa shape index (κ2) is 9.02. The lowest BCUT2D eigenvalue weighted by Crippen LogP contribution is -2.37. The van der Waals surface area contributed by atoms with Crippen LogP contribution in [0.2, 0.25) is 0 Å². The number of nitrogens with zero attached hydrogens (tertiary/aromatic N) is 1. The van der Waals surface area contributed by atoms with Crippen LogP contribution in [0.5, 0.6) is 0 Å². The molecule has 0 atom stereocenters. The number of methoxy groups -OCH3 is 1. The van der Waals surface area contributed by atoms with Crippen molar-refractivity contribution in [2.75, 3.05) is 63.5 Å². The van der Waals surface area contributed by atoms with Gasteiger partial charge < -0.3 is 24.4 Å². The van der Waals surface area contributed by atoms with Gasteiger partial charge in [-0.15, -0.1) is 0 Å². The summed E-state index contributed by atoms with van der Waals surface area (Å²) in [6.07, 6.45) is -4.49. The van der Waals surface area contributed by atoms with E-state index in [2.05, 4.69) is 5.32 Å². The van der Waals surface area contributed by atoms with Gasteiger partial charge in [-0.05, 0) is 18.2 Å². The van der Waals surface area contributed by atoms with Gasteiger partial charge in [-0.2, -0.15) is 13.2 Å². The summed E-state index contributed by atoms with van der Waals surface area (Å²) in [5, 5.41) is 2.51. The average molecular weight is 362 g/mol. The van der Waals surface area contributed by atoms with Crippen LogP contribution >= 0.6 is 0 Å². The van der Waals surface area contributed by atoms with Gasteiger partial charge >= 0.3 is 6.18 Å². The first kappa shape index (κ1) is 19.5. The van der Waals surface area contributed by atoms with Crippen LogP contribution < -0.4 is 10.2 Å². The van der Waals surface area contributed by atoms with Crippen molar-refractivity contribution >= 4 is 17.3 Å². The van der Waals surface area contributed by atoms with Crippen LogP contribution in [0.15, 0.2) is 18.2 Å². The molecule has 9 heteroatoms. The maximum absolute atomic E-state index is 13.0. The number of carbonyl (C=O) groups is 1. The van der Waals surface area contributed by atoms with E-state index in [1.807, 2.05) is 4.90 Å². The van der Waals surface area contributed by atoms with Crippen molar-refractivity contribution in [3.05, 3.63) is 23.8 Å². The average Bonchev–Trinajstić information content (AvgIpc) is 2.59. The van der Waals surface area contributed by atoms with Crippen LogP contribution in [-0.2, 0) is 25.2 Å². The van der Waals surface area contributed by atoms with Gasteiger partial charge in [-0.3, -0.25) is 4.79 Å². The SMILES string of the molecule is COCCOCC(=O)Nc1cc(C(F)(F)F)ccc1N1CCOCC1. The molecule has 140 valence electrons. The zero-order valence-corrected chi connectivity index (χ0v) is 13.9. The summed E-state index contributed by atoms with van der Waals surface area (Å²) < 4.78 is 54.1. The molecule has 2 rings (SSSR count). The fourth-order valence-corrected chi connectivity index (χ4v) is 2.39. The Morgan fingerprint density at radius 2 is 2.00 bits per heavy atom. The highest BCUT2D eigenvalue weighted by atomic mass is 19.4. The van der Waals surface area contributed by atoms with E-state index in [9.17, 15) is 18.0 Å². The molecule has 6 nitrogen and oxygen atoms in total. The maximum Gasteiger partial charge on any atom is 0.416 e. The summed E-state index contributed by atoms with van der Waals surface area (Å²) >= 11 is 0. The third-order valence-corrected chi connectivity index (χ3v) is 3.61. The van der Waals surface area contributed by atoms with Gasteiger partial charge in [0.05, 0.1) is 43.4 Å². The molecule has 25 heavy (non-hydrogen) atoms. The van der Waals surface area contributed by atoms with Crippen molar-refractivity contribution in [2.45, 2.75) is 6.18 Å². The highest BCUT2D eigenvalue weighted by molar-refractivity contribution is 5.95. The summed E-state index contributed by atoms with van der Waals surface area (Å²) in [5.74, 6) is -0.523. The molecule has 1 saturated heterocycles. The Morgan fingerprint density at radius 1 is 1.28 bits per heavy atom. The zero-order valence-electron chi connectivity index (χ0n) is 13.9. The third kappa shape index (κ3) is 5.87. The van der Waals surface area contributed by atoms with Crippen LogP contribution in [0.3, 0.4) is 0 Å². The Labute approximate surface area is 143 Å². The van der Waals surface area contributed by atoms with Crippen molar-refractivity contribution < 1.29 is 32.2 Å². The molecule has 1 aliphatic rings. The van der Waals surface area contributed by atoms with Crippen molar-refractivity contribution in [3.8, 4) is 0 Å². The van der Waals surface area contributed by atoms with Gasteiger partial charge in [-0.1, -0.05) is 0 Å². The number of anilines is 2. The highest BCUT2D eigenvalue weighted by Crippen LogP contribution is 2.35. The van der Waals surface area contributed by atoms with E-state index >= 15 is 0 Å².